The van der Waals surface area contributed by atoms with Gasteiger partial charge >= 0.3 is 0 Å². The van der Waals surface area contributed by atoms with Crippen LogP contribution in [0, 0.1) is 5.82 Å². The number of benzene rings is 1. The molecule has 1 fully saturated rings. The Bertz CT molecular complexity index is 388. The van der Waals surface area contributed by atoms with E-state index in [0.29, 0.717) is 6.04 Å². The number of halogens is 1. The lowest BCUT2D eigenvalue weighted by molar-refractivity contribution is 0.0197. The quantitative estimate of drug-likeness (QED) is 0.785. The summed E-state index contributed by atoms with van der Waals surface area (Å²) in [4.78, 5) is 0. The molecule has 0 saturated carbocycles. The van der Waals surface area contributed by atoms with Gasteiger partial charge in [0.25, 0.3) is 0 Å². The van der Waals surface area contributed by atoms with Crippen LogP contribution in [0.1, 0.15) is 30.1 Å². The van der Waals surface area contributed by atoms with Gasteiger partial charge < -0.3 is 10.1 Å². The number of rotatable bonds is 1. The summed E-state index contributed by atoms with van der Waals surface area (Å²) < 4.78 is 19.1. The molecule has 0 radical (unpaired) electrons. The Morgan fingerprint density at radius 3 is 3.12 bits per heavy atom. The molecule has 86 valence electrons. The van der Waals surface area contributed by atoms with Gasteiger partial charge in [0, 0.05) is 6.04 Å². The van der Waals surface area contributed by atoms with Gasteiger partial charge in [0.2, 0.25) is 0 Å². The molecule has 0 unspecified atom stereocenters. The van der Waals surface area contributed by atoms with Gasteiger partial charge in [-0.15, -0.1) is 0 Å². The third-order valence-corrected chi connectivity index (χ3v) is 3.55. The summed E-state index contributed by atoms with van der Waals surface area (Å²) in [5.41, 5.74) is 2.29. The van der Waals surface area contributed by atoms with Crippen LogP contribution in [0.25, 0.3) is 0 Å². The normalized spacial score (nSPS) is 29.1. The average molecular weight is 221 g/mol. The average Bonchev–Trinajstić information content (AvgIpc) is 2.81. The highest BCUT2D eigenvalue weighted by molar-refractivity contribution is 5.32. The van der Waals surface area contributed by atoms with E-state index >= 15 is 0 Å². The van der Waals surface area contributed by atoms with Crippen LogP contribution in [0.4, 0.5) is 4.39 Å². The van der Waals surface area contributed by atoms with E-state index in [1.165, 1.54) is 12.0 Å². The molecular weight excluding hydrogens is 205 g/mol. The molecule has 2 nitrogen and oxygen atoms in total. The molecule has 2 atom stereocenters. The van der Waals surface area contributed by atoms with Gasteiger partial charge in [-0.25, -0.2) is 4.39 Å². The summed E-state index contributed by atoms with van der Waals surface area (Å²) in [6.45, 7) is 1.80. The van der Waals surface area contributed by atoms with Crippen LogP contribution in [0.15, 0.2) is 18.2 Å². The summed E-state index contributed by atoms with van der Waals surface area (Å²) in [7, 11) is 0. The lowest BCUT2D eigenvalue weighted by Crippen LogP contribution is -2.33. The molecule has 0 bridgehead atoms. The fourth-order valence-corrected chi connectivity index (χ4v) is 2.75. The third kappa shape index (κ3) is 1.74. The van der Waals surface area contributed by atoms with Gasteiger partial charge in [-0.05, 0) is 49.1 Å². The van der Waals surface area contributed by atoms with Crippen molar-refractivity contribution in [1.29, 1.82) is 0 Å². The molecule has 0 aromatic heterocycles. The Balaban J connectivity index is 1.94. The fraction of sp³-hybridized carbons (Fsp3) is 0.538. The van der Waals surface area contributed by atoms with Gasteiger partial charge in [0.15, 0.2) is 0 Å². The molecule has 1 aromatic rings. The number of fused-ring (bicyclic) bond motifs is 1. The third-order valence-electron chi connectivity index (χ3n) is 3.55. The highest BCUT2D eigenvalue weighted by Crippen LogP contribution is 2.33. The SMILES string of the molecule is Fc1ccc2c(c1)[C@@H]([C@H]1CCCN1)OCC2. The molecule has 0 aliphatic carbocycles. The van der Waals surface area contributed by atoms with Gasteiger partial charge in [0.05, 0.1) is 12.7 Å². The highest BCUT2D eigenvalue weighted by Gasteiger charge is 2.30. The first-order valence-corrected chi connectivity index (χ1v) is 5.98. The van der Waals surface area contributed by atoms with E-state index in [1.54, 1.807) is 12.1 Å². The van der Waals surface area contributed by atoms with E-state index in [9.17, 15) is 4.39 Å². The van der Waals surface area contributed by atoms with Crippen LogP contribution in [0.3, 0.4) is 0 Å². The van der Waals surface area contributed by atoms with Gasteiger partial charge in [-0.1, -0.05) is 6.07 Å². The molecular formula is C13H16FNO. The number of nitrogens with one attached hydrogen (secondary N) is 1. The maximum Gasteiger partial charge on any atom is 0.123 e. The summed E-state index contributed by atoms with van der Waals surface area (Å²) in [5, 5.41) is 3.44. The first kappa shape index (κ1) is 10.2. The lowest BCUT2D eigenvalue weighted by atomic mass is 9.92. The van der Waals surface area contributed by atoms with Crippen molar-refractivity contribution in [1.82, 2.24) is 5.32 Å². The van der Waals surface area contributed by atoms with Crippen molar-refractivity contribution < 1.29 is 9.13 Å². The summed E-state index contributed by atoms with van der Waals surface area (Å²) in [6.07, 6.45) is 3.26. The highest BCUT2D eigenvalue weighted by atomic mass is 19.1. The minimum absolute atomic E-state index is 0.0435. The fourth-order valence-electron chi connectivity index (χ4n) is 2.75. The van der Waals surface area contributed by atoms with Crippen molar-refractivity contribution >= 4 is 0 Å². The van der Waals surface area contributed by atoms with E-state index in [2.05, 4.69) is 5.32 Å². The number of hydrogen-bond acceptors (Lipinski definition) is 2. The van der Waals surface area contributed by atoms with Crippen molar-refractivity contribution in [2.45, 2.75) is 31.4 Å². The molecule has 0 amide bonds. The van der Waals surface area contributed by atoms with Crippen LogP contribution >= 0.6 is 0 Å². The van der Waals surface area contributed by atoms with Crippen LogP contribution in [-0.4, -0.2) is 19.2 Å². The topological polar surface area (TPSA) is 21.3 Å². The van der Waals surface area contributed by atoms with Crippen LogP contribution in [-0.2, 0) is 11.2 Å². The van der Waals surface area contributed by atoms with Gasteiger partial charge in [0.1, 0.15) is 5.82 Å². The van der Waals surface area contributed by atoms with Gasteiger partial charge in [-0.3, -0.25) is 0 Å². The van der Waals surface area contributed by atoms with Crippen molar-refractivity contribution in [3.8, 4) is 0 Å². The minimum Gasteiger partial charge on any atom is -0.372 e. The minimum atomic E-state index is -0.160. The Hall–Kier alpha value is -0.930. The maximum atomic E-state index is 13.3. The van der Waals surface area contributed by atoms with Gasteiger partial charge in [-0.2, -0.15) is 0 Å². The van der Waals surface area contributed by atoms with Crippen molar-refractivity contribution in [3.63, 3.8) is 0 Å². The zero-order valence-corrected chi connectivity index (χ0v) is 9.21. The van der Waals surface area contributed by atoms with E-state index in [-0.39, 0.29) is 11.9 Å². The monoisotopic (exact) mass is 221 g/mol. The Morgan fingerprint density at radius 2 is 2.31 bits per heavy atom. The predicted octanol–water partition coefficient (Wildman–Crippen LogP) is 2.19. The molecule has 2 aliphatic rings. The van der Waals surface area contributed by atoms with Crippen LogP contribution < -0.4 is 5.32 Å². The van der Waals surface area contributed by atoms with Crippen molar-refractivity contribution in [3.05, 3.63) is 35.1 Å². The summed E-state index contributed by atoms with van der Waals surface area (Å²) in [6, 6.07) is 5.44. The first-order chi connectivity index (χ1) is 7.84. The standard InChI is InChI=1S/C13H16FNO/c14-10-4-3-9-5-7-16-13(11(9)8-10)12-2-1-6-15-12/h3-4,8,12-13,15H,1-2,5-7H2/t12-,13+/m1/s1. The maximum absolute atomic E-state index is 13.3. The van der Waals surface area contributed by atoms with Crippen molar-refractivity contribution in [2.75, 3.05) is 13.2 Å². The Morgan fingerprint density at radius 1 is 1.38 bits per heavy atom. The van der Waals surface area contributed by atoms with E-state index in [0.717, 1.165) is 31.6 Å². The summed E-state index contributed by atoms with van der Waals surface area (Å²) in [5.74, 6) is -0.160. The molecule has 3 rings (SSSR count). The molecule has 2 aliphatic heterocycles. The largest absolute Gasteiger partial charge is 0.372 e. The molecule has 3 heteroatoms. The number of ether oxygens (including phenoxy) is 1. The molecule has 1 saturated heterocycles. The second-order valence-electron chi connectivity index (χ2n) is 4.59. The zero-order valence-electron chi connectivity index (χ0n) is 9.21. The van der Waals surface area contributed by atoms with E-state index in [4.69, 9.17) is 4.74 Å². The van der Waals surface area contributed by atoms with Crippen LogP contribution in [0.5, 0.6) is 0 Å². The smallest absolute Gasteiger partial charge is 0.123 e. The van der Waals surface area contributed by atoms with E-state index < -0.39 is 0 Å². The Kier molecular flexibility index (Phi) is 2.65. The number of hydrogen-bond donors (Lipinski definition) is 1. The zero-order chi connectivity index (χ0) is 11.0. The predicted molar refractivity (Wildman–Crippen MR) is 59.8 cm³/mol. The summed E-state index contributed by atoms with van der Waals surface area (Å²) >= 11 is 0. The van der Waals surface area contributed by atoms with E-state index in [1.807, 2.05) is 6.07 Å². The molecule has 1 aromatic carbocycles. The molecule has 2 heterocycles. The second kappa shape index (κ2) is 4.15. The van der Waals surface area contributed by atoms with Crippen molar-refractivity contribution in [2.24, 2.45) is 0 Å². The molecule has 1 N–H and O–H groups in total. The first-order valence-electron chi connectivity index (χ1n) is 5.98. The molecule has 16 heavy (non-hydrogen) atoms. The Labute approximate surface area is 94.8 Å². The molecule has 0 spiro atoms. The lowest BCUT2D eigenvalue weighted by Gasteiger charge is -2.30. The second-order valence-corrected chi connectivity index (χ2v) is 4.59. The van der Waals surface area contributed by atoms with Crippen LogP contribution in [0.2, 0.25) is 0 Å².